The first-order valence-electron chi connectivity index (χ1n) is 17.0. The van der Waals surface area contributed by atoms with Crippen molar-refractivity contribution in [2.75, 3.05) is 0 Å². The van der Waals surface area contributed by atoms with Crippen LogP contribution in [0.5, 0.6) is 0 Å². The van der Waals surface area contributed by atoms with Gasteiger partial charge in [0, 0.05) is 56.3 Å². The van der Waals surface area contributed by atoms with Gasteiger partial charge in [0.2, 0.25) is 0 Å². The van der Waals surface area contributed by atoms with Crippen molar-refractivity contribution in [2.24, 2.45) is 0 Å². The molecule has 11 aromatic rings. The summed E-state index contributed by atoms with van der Waals surface area (Å²) in [5, 5.41) is 12.4. The van der Waals surface area contributed by atoms with Crippen molar-refractivity contribution in [1.82, 2.24) is 9.55 Å². The Kier molecular flexibility index (Phi) is 5.67. The van der Waals surface area contributed by atoms with Gasteiger partial charge in [-0.2, -0.15) is 0 Å². The van der Waals surface area contributed by atoms with Gasteiger partial charge in [0.25, 0.3) is 0 Å². The standard InChI is InChI=1S/C47H28N2O/c1-2-12-36-34(10-1)35-11-3-4-13-37(35)42-26-32(21-22-38(36)42)49-44-18-7-5-14-39(44)43-25-29(20-23-45(43)49)30-24-31(28-48-27-30)33-16-9-17-41-40-15-6-8-19-46(40)50-47(33)41/h1-28H. The van der Waals surface area contributed by atoms with E-state index in [1.54, 1.807) is 0 Å². The fourth-order valence-electron chi connectivity index (χ4n) is 8.18. The lowest BCUT2D eigenvalue weighted by molar-refractivity contribution is 0.670. The zero-order chi connectivity index (χ0) is 32.8. The maximum Gasteiger partial charge on any atom is 0.143 e. The molecule has 0 N–H and O–H groups in total. The van der Waals surface area contributed by atoms with Gasteiger partial charge in [-0.05, 0) is 80.3 Å². The number of hydrogen-bond donors (Lipinski definition) is 0. The van der Waals surface area contributed by atoms with E-state index in [0.717, 1.165) is 49.9 Å². The number of aromatic nitrogens is 2. The van der Waals surface area contributed by atoms with Gasteiger partial charge in [-0.1, -0.05) is 115 Å². The van der Waals surface area contributed by atoms with Crippen molar-refractivity contribution < 1.29 is 4.42 Å². The van der Waals surface area contributed by atoms with Crippen LogP contribution >= 0.6 is 0 Å². The fourth-order valence-corrected chi connectivity index (χ4v) is 8.18. The molecule has 8 aromatic carbocycles. The minimum absolute atomic E-state index is 0.891. The maximum atomic E-state index is 6.38. The SMILES string of the molecule is c1ccc2c(c1)oc1c(-c3cncc(-c4ccc5c(c4)c4ccccc4n5-c4ccc5c6ccccc6c6ccccc6c5c4)c3)cccc12. The van der Waals surface area contributed by atoms with Crippen molar-refractivity contribution in [3.63, 3.8) is 0 Å². The summed E-state index contributed by atoms with van der Waals surface area (Å²) in [7, 11) is 0. The number of para-hydroxylation sites is 3. The normalized spacial score (nSPS) is 12.0. The third-order valence-corrected chi connectivity index (χ3v) is 10.4. The molecule has 0 saturated carbocycles. The highest BCUT2D eigenvalue weighted by atomic mass is 16.3. The van der Waals surface area contributed by atoms with Crippen LogP contribution in [-0.2, 0) is 0 Å². The Morgan fingerprint density at radius 1 is 0.380 bits per heavy atom. The van der Waals surface area contributed by atoms with Crippen molar-refractivity contribution >= 4 is 76.1 Å². The number of furan rings is 1. The third kappa shape index (κ3) is 3.89. The summed E-state index contributed by atoms with van der Waals surface area (Å²) in [5.41, 5.74) is 9.58. The Morgan fingerprint density at radius 2 is 1.00 bits per heavy atom. The average molecular weight is 637 g/mol. The molecule has 3 heterocycles. The molecular weight excluding hydrogens is 609 g/mol. The van der Waals surface area contributed by atoms with E-state index in [-0.39, 0.29) is 0 Å². The van der Waals surface area contributed by atoms with Crippen LogP contribution in [0.2, 0.25) is 0 Å². The second kappa shape index (κ2) is 10.4. The number of nitrogens with zero attached hydrogens (tertiary/aromatic N) is 2. The summed E-state index contributed by atoms with van der Waals surface area (Å²) in [6.45, 7) is 0. The van der Waals surface area contributed by atoms with E-state index >= 15 is 0 Å². The monoisotopic (exact) mass is 636 g/mol. The van der Waals surface area contributed by atoms with Crippen LogP contribution < -0.4 is 0 Å². The van der Waals surface area contributed by atoms with E-state index < -0.39 is 0 Å². The van der Waals surface area contributed by atoms with Gasteiger partial charge in [0.15, 0.2) is 0 Å². The molecule has 0 unspecified atom stereocenters. The summed E-state index contributed by atoms with van der Waals surface area (Å²) in [6.07, 6.45) is 3.89. The second-order valence-electron chi connectivity index (χ2n) is 13.1. The minimum atomic E-state index is 0.891. The Morgan fingerprint density at radius 3 is 1.80 bits per heavy atom. The largest absolute Gasteiger partial charge is 0.455 e. The van der Waals surface area contributed by atoms with Gasteiger partial charge in [0.05, 0.1) is 11.0 Å². The average Bonchev–Trinajstić information content (AvgIpc) is 3.73. The number of rotatable bonds is 3. The Bertz CT molecular complexity index is 3130. The zero-order valence-corrected chi connectivity index (χ0v) is 27.0. The van der Waals surface area contributed by atoms with Crippen LogP contribution in [0.4, 0.5) is 0 Å². The van der Waals surface area contributed by atoms with Crippen LogP contribution in [0.25, 0.3) is 104 Å². The van der Waals surface area contributed by atoms with E-state index in [9.17, 15) is 0 Å². The van der Waals surface area contributed by atoms with Crippen LogP contribution in [0, 0.1) is 0 Å². The molecule has 50 heavy (non-hydrogen) atoms. The van der Waals surface area contributed by atoms with E-state index in [2.05, 4.69) is 150 Å². The van der Waals surface area contributed by atoms with Crippen LogP contribution in [0.15, 0.2) is 175 Å². The predicted molar refractivity (Wildman–Crippen MR) is 209 cm³/mol. The van der Waals surface area contributed by atoms with Crippen LogP contribution in [0.3, 0.4) is 0 Å². The van der Waals surface area contributed by atoms with Crippen LogP contribution in [0.1, 0.15) is 0 Å². The Labute approximate surface area is 287 Å². The molecular formula is C47H28N2O. The quantitative estimate of drug-likeness (QED) is 0.181. The highest BCUT2D eigenvalue weighted by Crippen LogP contribution is 2.40. The number of benzene rings is 8. The molecule has 0 radical (unpaired) electrons. The fraction of sp³-hybridized carbons (Fsp3) is 0. The molecule has 3 nitrogen and oxygen atoms in total. The van der Waals surface area contributed by atoms with Gasteiger partial charge in [0.1, 0.15) is 11.2 Å². The molecule has 0 aliphatic heterocycles. The molecule has 0 amide bonds. The van der Waals surface area contributed by atoms with Gasteiger partial charge >= 0.3 is 0 Å². The zero-order valence-electron chi connectivity index (χ0n) is 27.0. The summed E-state index contributed by atoms with van der Waals surface area (Å²) in [6, 6.07) is 56.8. The molecule has 232 valence electrons. The van der Waals surface area contributed by atoms with Crippen molar-refractivity contribution in [1.29, 1.82) is 0 Å². The lowest BCUT2D eigenvalue weighted by Gasteiger charge is -2.14. The van der Waals surface area contributed by atoms with E-state index in [1.807, 2.05) is 24.5 Å². The first kappa shape index (κ1) is 27.3. The summed E-state index contributed by atoms with van der Waals surface area (Å²) in [5.74, 6) is 0. The second-order valence-corrected chi connectivity index (χ2v) is 13.1. The molecule has 0 saturated heterocycles. The summed E-state index contributed by atoms with van der Waals surface area (Å²) < 4.78 is 8.79. The molecule has 0 aliphatic carbocycles. The first-order chi connectivity index (χ1) is 24.8. The topological polar surface area (TPSA) is 31.0 Å². The number of hydrogen-bond acceptors (Lipinski definition) is 2. The van der Waals surface area contributed by atoms with Crippen molar-refractivity contribution in [3.8, 4) is 27.9 Å². The summed E-state index contributed by atoms with van der Waals surface area (Å²) in [4.78, 5) is 4.72. The van der Waals surface area contributed by atoms with Gasteiger partial charge in [-0.15, -0.1) is 0 Å². The number of pyridine rings is 1. The van der Waals surface area contributed by atoms with Gasteiger partial charge in [-0.3, -0.25) is 4.98 Å². The lowest BCUT2D eigenvalue weighted by atomic mass is 9.94. The van der Waals surface area contributed by atoms with Crippen molar-refractivity contribution in [2.45, 2.75) is 0 Å². The maximum absolute atomic E-state index is 6.38. The molecule has 0 atom stereocenters. The molecule has 0 fully saturated rings. The summed E-state index contributed by atoms with van der Waals surface area (Å²) >= 11 is 0. The minimum Gasteiger partial charge on any atom is -0.455 e. The lowest BCUT2D eigenvalue weighted by Crippen LogP contribution is -1.94. The highest BCUT2D eigenvalue weighted by Gasteiger charge is 2.17. The van der Waals surface area contributed by atoms with Gasteiger partial charge in [-0.25, -0.2) is 0 Å². The molecule has 0 aliphatic rings. The third-order valence-electron chi connectivity index (χ3n) is 10.4. The molecule has 0 spiro atoms. The predicted octanol–water partition coefficient (Wildman–Crippen LogP) is 12.9. The highest BCUT2D eigenvalue weighted by molar-refractivity contribution is 6.25. The smallest absolute Gasteiger partial charge is 0.143 e. The van der Waals surface area contributed by atoms with Crippen LogP contribution in [-0.4, -0.2) is 9.55 Å². The number of fused-ring (bicyclic) bond motifs is 12. The first-order valence-corrected chi connectivity index (χ1v) is 17.0. The molecule has 11 rings (SSSR count). The van der Waals surface area contributed by atoms with Crippen molar-refractivity contribution in [3.05, 3.63) is 170 Å². The Hall–Kier alpha value is -6.71. The molecule has 0 bridgehead atoms. The van der Waals surface area contributed by atoms with E-state index in [1.165, 1.54) is 54.1 Å². The van der Waals surface area contributed by atoms with E-state index in [0.29, 0.717) is 0 Å². The molecule has 3 heteroatoms. The van der Waals surface area contributed by atoms with E-state index in [4.69, 9.17) is 9.40 Å². The Balaban J connectivity index is 1.09. The van der Waals surface area contributed by atoms with Gasteiger partial charge < -0.3 is 8.98 Å². The molecule has 3 aromatic heterocycles.